The Hall–Kier alpha value is -2.27. The van der Waals surface area contributed by atoms with Crippen molar-refractivity contribution in [1.29, 1.82) is 0 Å². The molecule has 0 saturated carbocycles. The van der Waals surface area contributed by atoms with Gasteiger partial charge in [-0.1, -0.05) is 18.2 Å². The summed E-state index contributed by atoms with van der Waals surface area (Å²) in [4.78, 5) is 11.7. The minimum Gasteiger partial charge on any atom is -0.468 e. The molecule has 0 aromatic heterocycles. The second kappa shape index (κ2) is 7.50. The highest BCUT2D eigenvalue weighted by molar-refractivity contribution is 5.96. The fourth-order valence-electron chi connectivity index (χ4n) is 1.70. The van der Waals surface area contributed by atoms with Gasteiger partial charge in [0, 0.05) is 12.5 Å². The fraction of sp³-hybridized carbons (Fsp3) is 0.188. The van der Waals surface area contributed by atoms with Gasteiger partial charge in [0.05, 0.1) is 12.2 Å². The second-order valence-electron chi connectivity index (χ2n) is 4.28. The first-order chi connectivity index (χ1) is 10.2. The third kappa shape index (κ3) is 4.65. The summed E-state index contributed by atoms with van der Waals surface area (Å²) in [6.45, 7) is 0.103. The second-order valence-corrected chi connectivity index (χ2v) is 4.28. The molecule has 2 rings (SSSR count). The van der Waals surface area contributed by atoms with Crippen LogP contribution in [0.1, 0.15) is 16.8 Å². The van der Waals surface area contributed by atoms with Crippen LogP contribution < -0.4 is 4.74 Å². The van der Waals surface area contributed by atoms with Crippen molar-refractivity contribution < 1.29 is 23.0 Å². The molecule has 0 fully saturated rings. The number of rotatable bonds is 7. The number of carbonyl (C=O) groups excluding carboxylic acids is 1. The molecule has 2 aromatic carbocycles. The number of Topliss-reactive ketones (excluding diaryl/α,β-unsaturated/α-hetero) is 1. The van der Waals surface area contributed by atoms with Gasteiger partial charge in [-0.15, -0.1) is 0 Å². The predicted octanol–water partition coefficient (Wildman–Crippen LogP) is 3.59. The molecule has 0 saturated heterocycles. The van der Waals surface area contributed by atoms with Crippen molar-refractivity contribution in [2.75, 3.05) is 13.4 Å². The lowest BCUT2D eigenvalue weighted by Gasteiger charge is -2.07. The summed E-state index contributed by atoms with van der Waals surface area (Å²) in [5.41, 5.74) is -0.135. The summed E-state index contributed by atoms with van der Waals surface area (Å²) in [7, 11) is 0. The van der Waals surface area contributed by atoms with Crippen molar-refractivity contribution in [2.45, 2.75) is 6.42 Å². The number of ether oxygens (including phenoxy) is 2. The fourth-order valence-corrected chi connectivity index (χ4v) is 1.70. The summed E-state index contributed by atoms with van der Waals surface area (Å²) < 4.78 is 36.5. The first kappa shape index (κ1) is 15.1. The van der Waals surface area contributed by atoms with E-state index in [-0.39, 0.29) is 25.4 Å². The largest absolute Gasteiger partial charge is 0.468 e. The number of hydrogen-bond donors (Lipinski definition) is 0. The third-order valence-corrected chi connectivity index (χ3v) is 2.76. The number of benzene rings is 2. The molecule has 21 heavy (non-hydrogen) atoms. The lowest BCUT2D eigenvalue weighted by molar-refractivity contribution is 0.0150. The summed E-state index contributed by atoms with van der Waals surface area (Å²) in [5, 5.41) is 0. The van der Waals surface area contributed by atoms with Gasteiger partial charge in [-0.25, -0.2) is 8.78 Å². The Morgan fingerprint density at radius 2 is 1.81 bits per heavy atom. The maximum atomic E-state index is 13.4. The van der Waals surface area contributed by atoms with Gasteiger partial charge in [-0.05, 0) is 24.3 Å². The molecule has 5 heteroatoms. The number of hydrogen-bond acceptors (Lipinski definition) is 3. The van der Waals surface area contributed by atoms with Crippen LogP contribution in [-0.2, 0) is 4.74 Å². The quantitative estimate of drug-likeness (QED) is 0.444. The number of para-hydroxylation sites is 1. The van der Waals surface area contributed by atoms with E-state index in [9.17, 15) is 13.6 Å². The van der Waals surface area contributed by atoms with E-state index in [1.54, 1.807) is 12.1 Å². The van der Waals surface area contributed by atoms with E-state index >= 15 is 0 Å². The average molecular weight is 292 g/mol. The Kier molecular flexibility index (Phi) is 5.40. The van der Waals surface area contributed by atoms with Crippen LogP contribution in [0.25, 0.3) is 0 Å². The van der Waals surface area contributed by atoms with E-state index in [0.717, 1.165) is 12.1 Å². The zero-order chi connectivity index (χ0) is 15.1. The van der Waals surface area contributed by atoms with Gasteiger partial charge >= 0.3 is 0 Å². The molecule has 0 amide bonds. The van der Waals surface area contributed by atoms with Crippen molar-refractivity contribution in [3.05, 3.63) is 65.7 Å². The number of ketones is 1. The molecule has 0 spiro atoms. The van der Waals surface area contributed by atoms with Crippen LogP contribution in [-0.4, -0.2) is 19.2 Å². The molecule has 3 nitrogen and oxygen atoms in total. The molecular weight excluding hydrogens is 278 g/mol. The SMILES string of the molecule is O=C(CCOCOc1ccccc1)c1ccc(F)cc1F. The van der Waals surface area contributed by atoms with E-state index in [0.29, 0.717) is 11.8 Å². The lowest BCUT2D eigenvalue weighted by Crippen LogP contribution is -2.10. The highest BCUT2D eigenvalue weighted by Crippen LogP contribution is 2.12. The molecule has 0 aliphatic heterocycles. The normalized spacial score (nSPS) is 10.4. The van der Waals surface area contributed by atoms with Crippen LogP contribution in [0.3, 0.4) is 0 Å². The molecule has 0 N–H and O–H groups in total. The summed E-state index contributed by atoms with van der Waals surface area (Å²) in [6, 6.07) is 12.0. The Balaban J connectivity index is 1.72. The van der Waals surface area contributed by atoms with Crippen LogP contribution >= 0.6 is 0 Å². The van der Waals surface area contributed by atoms with Crippen molar-refractivity contribution >= 4 is 5.78 Å². The maximum absolute atomic E-state index is 13.4. The van der Waals surface area contributed by atoms with Gasteiger partial charge in [0.15, 0.2) is 12.6 Å². The molecule has 2 aromatic rings. The smallest absolute Gasteiger partial charge is 0.189 e. The number of halogens is 2. The molecular formula is C16H14F2O3. The van der Waals surface area contributed by atoms with E-state index in [2.05, 4.69) is 0 Å². The van der Waals surface area contributed by atoms with E-state index in [1.807, 2.05) is 18.2 Å². The molecule has 0 aliphatic rings. The van der Waals surface area contributed by atoms with Crippen LogP contribution in [0, 0.1) is 11.6 Å². The summed E-state index contributed by atoms with van der Waals surface area (Å²) >= 11 is 0. The van der Waals surface area contributed by atoms with Crippen molar-refractivity contribution in [3.63, 3.8) is 0 Å². The van der Waals surface area contributed by atoms with Crippen molar-refractivity contribution in [2.24, 2.45) is 0 Å². The van der Waals surface area contributed by atoms with Crippen LogP contribution in [0.2, 0.25) is 0 Å². The molecule has 110 valence electrons. The number of carbonyl (C=O) groups is 1. The molecule has 0 aliphatic carbocycles. The van der Waals surface area contributed by atoms with E-state index in [4.69, 9.17) is 9.47 Å². The predicted molar refractivity (Wildman–Crippen MR) is 73.2 cm³/mol. The van der Waals surface area contributed by atoms with Crippen LogP contribution in [0.15, 0.2) is 48.5 Å². The topological polar surface area (TPSA) is 35.5 Å². The summed E-state index contributed by atoms with van der Waals surface area (Å²) in [6.07, 6.45) is 0.000696. The van der Waals surface area contributed by atoms with Gasteiger partial charge in [-0.2, -0.15) is 0 Å². The van der Waals surface area contributed by atoms with Gasteiger partial charge < -0.3 is 9.47 Å². The van der Waals surface area contributed by atoms with Gasteiger partial charge in [-0.3, -0.25) is 4.79 Å². The Morgan fingerprint density at radius 3 is 2.52 bits per heavy atom. The Labute approximate surface area is 121 Å². The summed E-state index contributed by atoms with van der Waals surface area (Å²) in [5.74, 6) is -1.35. The average Bonchev–Trinajstić information content (AvgIpc) is 2.47. The monoisotopic (exact) mass is 292 g/mol. The zero-order valence-electron chi connectivity index (χ0n) is 11.2. The van der Waals surface area contributed by atoms with Crippen LogP contribution in [0.4, 0.5) is 8.78 Å². The standard InChI is InChI=1S/C16H14F2O3/c17-12-6-7-14(15(18)10-12)16(19)8-9-20-11-21-13-4-2-1-3-5-13/h1-7,10H,8-9,11H2. The molecule has 0 unspecified atom stereocenters. The Bertz CT molecular complexity index is 600. The Morgan fingerprint density at radius 1 is 1.05 bits per heavy atom. The zero-order valence-corrected chi connectivity index (χ0v) is 11.2. The van der Waals surface area contributed by atoms with E-state index in [1.165, 1.54) is 0 Å². The molecule has 0 bridgehead atoms. The minimum atomic E-state index is -0.861. The highest BCUT2D eigenvalue weighted by atomic mass is 19.1. The van der Waals surface area contributed by atoms with Crippen molar-refractivity contribution in [1.82, 2.24) is 0 Å². The molecule has 0 atom stereocenters. The van der Waals surface area contributed by atoms with Crippen molar-refractivity contribution in [3.8, 4) is 5.75 Å². The van der Waals surface area contributed by atoms with Gasteiger partial charge in [0.2, 0.25) is 0 Å². The lowest BCUT2D eigenvalue weighted by atomic mass is 10.1. The molecule has 0 radical (unpaired) electrons. The minimum absolute atomic E-state index is 0.000696. The highest BCUT2D eigenvalue weighted by Gasteiger charge is 2.12. The maximum Gasteiger partial charge on any atom is 0.189 e. The van der Waals surface area contributed by atoms with Gasteiger partial charge in [0.25, 0.3) is 0 Å². The van der Waals surface area contributed by atoms with E-state index < -0.39 is 17.4 Å². The first-order valence-electron chi connectivity index (χ1n) is 6.40. The molecule has 0 heterocycles. The van der Waals surface area contributed by atoms with Gasteiger partial charge in [0.1, 0.15) is 17.4 Å². The third-order valence-electron chi connectivity index (χ3n) is 2.76. The van der Waals surface area contributed by atoms with Crippen LogP contribution in [0.5, 0.6) is 5.75 Å². The first-order valence-corrected chi connectivity index (χ1v) is 6.40.